The molecule has 0 bridgehead atoms. The second kappa shape index (κ2) is 4.00. The van der Waals surface area contributed by atoms with Gasteiger partial charge in [-0.05, 0) is 42.8 Å². The molecule has 1 radical (unpaired) electrons. The predicted octanol–water partition coefficient (Wildman–Crippen LogP) is 3.10. The Bertz CT molecular complexity index is 454. The monoisotopic (exact) mass is 199 g/mol. The normalized spacial score (nSPS) is 9.93. The first-order chi connectivity index (χ1) is 7.25. The first-order valence-electron chi connectivity index (χ1n) is 4.66. The van der Waals surface area contributed by atoms with Crippen LogP contribution in [0.5, 0.6) is 11.5 Å². The van der Waals surface area contributed by atoms with E-state index >= 15 is 0 Å². The van der Waals surface area contributed by atoms with E-state index in [1.54, 1.807) is 36.7 Å². The highest BCUT2D eigenvalue weighted by molar-refractivity contribution is 5.47. The Morgan fingerprint density at radius 2 is 1.80 bits per heavy atom. The number of nitrogens with zero attached hydrogens (tertiary/aromatic N) is 1. The number of aryl methyl sites for hydroxylation is 1. The number of ether oxygens (including phenoxy) is 1. The Hall–Kier alpha value is -2.03. The summed E-state index contributed by atoms with van der Waals surface area (Å²) in [7, 11) is 0. The number of rotatable bonds is 2. The highest BCUT2D eigenvalue weighted by Crippen LogP contribution is 2.24. The van der Waals surface area contributed by atoms with Crippen molar-refractivity contribution >= 4 is 5.69 Å². The molecule has 0 aliphatic rings. The van der Waals surface area contributed by atoms with Gasteiger partial charge in [-0.1, -0.05) is 0 Å². The van der Waals surface area contributed by atoms with E-state index in [4.69, 9.17) is 10.5 Å². The SMILES string of the molecule is Cc1cc(Oc2ccncc2)ccc1[NH]. The molecule has 1 N–H and O–H groups in total. The van der Waals surface area contributed by atoms with Crippen molar-refractivity contribution in [2.24, 2.45) is 0 Å². The van der Waals surface area contributed by atoms with Crippen LogP contribution in [0.2, 0.25) is 0 Å². The highest BCUT2D eigenvalue weighted by Gasteiger charge is 1.99. The van der Waals surface area contributed by atoms with Crippen molar-refractivity contribution in [3.8, 4) is 11.5 Å². The van der Waals surface area contributed by atoms with Crippen LogP contribution in [0.1, 0.15) is 5.56 Å². The van der Waals surface area contributed by atoms with Crippen LogP contribution in [0.15, 0.2) is 42.7 Å². The number of hydrogen-bond acceptors (Lipinski definition) is 2. The van der Waals surface area contributed by atoms with Crippen LogP contribution in [0.25, 0.3) is 0 Å². The first-order valence-corrected chi connectivity index (χ1v) is 4.66. The molecule has 0 aliphatic carbocycles. The summed E-state index contributed by atoms with van der Waals surface area (Å²) in [5, 5.41) is 0. The van der Waals surface area contributed by atoms with Gasteiger partial charge in [0.1, 0.15) is 11.5 Å². The molecule has 0 saturated carbocycles. The molecule has 3 heteroatoms. The molecule has 1 heterocycles. The van der Waals surface area contributed by atoms with Gasteiger partial charge in [0.2, 0.25) is 0 Å². The van der Waals surface area contributed by atoms with Gasteiger partial charge in [0.15, 0.2) is 0 Å². The van der Waals surface area contributed by atoms with E-state index in [0.29, 0.717) is 5.69 Å². The van der Waals surface area contributed by atoms with E-state index in [9.17, 15) is 0 Å². The van der Waals surface area contributed by atoms with Gasteiger partial charge in [-0.3, -0.25) is 4.98 Å². The first kappa shape index (κ1) is 9.52. The van der Waals surface area contributed by atoms with Gasteiger partial charge in [-0.2, -0.15) is 0 Å². The maximum absolute atomic E-state index is 7.53. The summed E-state index contributed by atoms with van der Waals surface area (Å²) in [4.78, 5) is 3.91. The zero-order valence-electron chi connectivity index (χ0n) is 8.40. The van der Waals surface area contributed by atoms with E-state index in [0.717, 1.165) is 17.1 Å². The summed E-state index contributed by atoms with van der Waals surface area (Å²) in [5.74, 6) is 1.50. The topological polar surface area (TPSA) is 45.9 Å². The standard InChI is InChI=1S/C12H11N2O/c1-9-8-11(2-3-12(9)13)15-10-4-6-14-7-5-10/h2-8,13H,1H3. The third-order valence-electron chi connectivity index (χ3n) is 2.08. The summed E-state index contributed by atoms with van der Waals surface area (Å²) in [5.41, 5.74) is 8.96. The fourth-order valence-electron chi connectivity index (χ4n) is 1.24. The summed E-state index contributed by atoms with van der Waals surface area (Å²) in [6.07, 6.45) is 3.36. The average molecular weight is 199 g/mol. The molecule has 0 fully saturated rings. The molecule has 2 rings (SSSR count). The van der Waals surface area contributed by atoms with Gasteiger partial charge in [0.25, 0.3) is 0 Å². The lowest BCUT2D eigenvalue weighted by molar-refractivity contribution is 0.481. The Labute approximate surface area is 88.5 Å². The Morgan fingerprint density at radius 1 is 1.07 bits per heavy atom. The van der Waals surface area contributed by atoms with Gasteiger partial charge < -0.3 is 10.5 Å². The van der Waals surface area contributed by atoms with E-state index in [1.165, 1.54) is 0 Å². The molecule has 0 amide bonds. The van der Waals surface area contributed by atoms with Crippen LogP contribution >= 0.6 is 0 Å². The molecule has 1 aromatic carbocycles. The van der Waals surface area contributed by atoms with Crippen molar-refractivity contribution < 1.29 is 4.74 Å². The maximum Gasteiger partial charge on any atom is 0.130 e. The minimum absolute atomic E-state index is 0.525. The second-order valence-electron chi connectivity index (χ2n) is 3.26. The largest absolute Gasteiger partial charge is 0.457 e. The van der Waals surface area contributed by atoms with Crippen LogP contribution in [-0.2, 0) is 0 Å². The number of pyridine rings is 1. The van der Waals surface area contributed by atoms with Crippen LogP contribution in [-0.4, -0.2) is 4.98 Å². The fourth-order valence-corrected chi connectivity index (χ4v) is 1.24. The molecule has 0 atom stereocenters. The zero-order chi connectivity index (χ0) is 10.7. The number of aromatic nitrogens is 1. The molecule has 2 aromatic rings. The lowest BCUT2D eigenvalue weighted by Gasteiger charge is -2.06. The average Bonchev–Trinajstić information content (AvgIpc) is 2.25. The smallest absolute Gasteiger partial charge is 0.130 e. The number of hydrogen-bond donors (Lipinski definition) is 0. The van der Waals surface area contributed by atoms with E-state index < -0.39 is 0 Å². The molecule has 1 aromatic heterocycles. The van der Waals surface area contributed by atoms with Gasteiger partial charge in [0.05, 0.1) is 5.69 Å². The molecule has 0 aliphatic heterocycles. The van der Waals surface area contributed by atoms with Gasteiger partial charge in [-0.15, -0.1) is 0 Å². The summed E-state index contributed by atoms with van der Waals surface area (Å²) >= 11 is 0. The van der Waals surface area contributed by atoms with Crippen molar-refractivity contribution in [2.45, 2.75) is 6.92 Å². The van der Waals surface area contributed by atoms with E-state index in [-0.39, 0.29) is 0 Å². The van der Waals surface area contributed by atoms with Crippen LogP contribution in [0.3, 0.4) is 0 Å². The highest BCUT2D eigenvalue weighted by atomic mass is 16.5. The second-order valence-corrected chi connectivity index (χ2v) is 3.26. The summed E-state index contributed by atoms with van der Waals surface area (Å²) in [6, 6.07) is 8.96. The third-order valence-corrected chi connectivity index (χ3v) is 2.08. The molecule has 3 nitrogen and oxygen atoms in total. The minimum Gasteiger partial charge on any atom is -0.457 e. The third kappa shape index (κ3) is 2.26. The maximum atomic E-state index is 7.53. The van der Waals surface area contributed by atoms with Crippen molar-refractivity contribution in [3.63, 3.8) is 0 Å². The minimum atomic E-state index is 0.525. The van der Waals surface area contributed by atoms with Gasteiger partial charge in [0, 0.05) is 12.4 Å². The number of benzene rings is 1. The summed E-state index contributed by atoms with van der Waals surface area (Å²) in [6.45, 7) is 1.89. The predicted molar refractivity (Wildman–Crippen MR) is 58.2 cm³/mol. The molecule has 15 heavy (non-hydrogen) atoms. The van der Waals surface area contributed by atoms with Crippen molar-refractivity contribution in [2.75, 3.05) is 0 Å². The van der Waals surface area contributed by atoms with Crippen molar-refractivity contribution in [1.82, 2.24) is 10.7 Å². The molecular formula is C12H11N2O. The Morgan fingerprint density at radius 3 is 2.47 bits per heavy atom. The zero-order valence-corrected chi connectivity index (χ0v) is 8.40. The molecule has 0 saturated heterocycles. The van der Waals surface area contributed by atoms with Crippen molar-refractivity contribution in [1.29, 1.82) is 0 Å². The van der Waals surface area contributed by atoms with Crippen LogP contribution in [0.4, 0.5) is 5.69 Å². The van der Waals surface area contributed by atoms with E-state index in [1.807, 2.05) is 13.0 Å². The fraction of sp³-hybridized carbons (Fsp3) is 0.0833. The molecule has 0 spiro atoms. The quantitative estimate of drug-likeness (QED) is 0.746. The van der Waals surface area contributed by atoms with Crippen LogP contribution < -0.4 is 10.5 Å². The Kier molecular flexibility index (Phi) is 2.54. The van der Waals surface area contributed by atoms with Gasteiger partial charge in [-0.25, -0.2) is 0 Å². The lowest BCUT2D eigenvalue weighted by atomic mass is 10.2. The van der Waals surface area contributed by atoms with Crippen molar-refractivity contribution in [3.05, 3.63) is 48.3 Å². The molecular weight excluding hydrogens is 188 g/mol. The molecule has 75 valence electrons. The van der Waals surface area contributed by atoms with Gasteiger partial charge >= 0.3 is 0 Å². The lowest BCUT2D eigenvalue weighted by Crippen LogP contribution is -1.86. The summed E-state index contributed by atoms with van der Waals surface area (Å²) < 4.78 is 5.59. The van der Waals surface area contributed by atoms with Crippen LogP contribution in [0, 0.1) is 6.92 Å². The molecule has 0 unspecified atom stereocenters. The van der Waals surface area contributed by atoms with E-state index in [2.05, 4.69) is 4.98 Å². The Balaban J connectivity index is 2.22. The number of nitrogens with one attached hydrogen (secondary N) is 1.